The van der Waals surface area contributed by atoms with E-state index in [1.807, 2.05) is 0 Å². The van der Waals surface area contributed by atoms with Gasteiger partial charge in [0.2, 0.25) is 11.6 Å². The highest BCUT2D eigenvalue weighted by Gasteiger charge is 2.03. The van der Waals surface area contributed by atoms with Crippen LogP contribution in [-0.2, 0) is 0 Å². The molecule has 0 fully saturated rings. The summed E-state index contributed by atoms with van der Waals surface area (Å²) in [6.07, 6.45) is 1.43. The first kappa shape index (κ1) is 10.6. The summed E-state index contributed by atoms with van der Waals surface area (Å²) >= 11 is 3.29. The average Bonchev–Trinajstić information content (AvgIpc) is 2.66. The van der Waals surface area contributed by atoms with E-state index in [0.29, 0.717) is 5.56 Å². The van der Waals surface area contributed by atoms with Crippen molar-refractivity contribution in [2.24, 2.45) is 4.99 Å². The molecule has 0 aliphatic heterocycles. The van der Waals surface area contributed by atoms with Crippen LogP contribution in [0, 0.1) is 0 Å². The fourth-order valence-corrected chi connectivity index (χ4v) is 1.42. The number of nitrogens with two attached hydrogens (primary N) is 1. The Morgan fingerprint density at radius 1 is 1.44 bits per heavy atom. The van der Waals surface area contributed by atoms with Crippen LogP contribution in [0.4, 0.5) is 11.6 Å². The van der Waals surface area contributed by atoms with Gasteiger partial charge in [0.1, 0.15) is 5.75 Å². The SMILES string of the molecule is Nc1nonc1N=Cc1cc(Br)ccc1O. The van der Waals surface area contributed by atoms with Gasteiger partial charge in [-0.05, 0) is 28.5 Å². The first-order valence-corrected chi connectivity index (χ1v) is 5.07. The molecule has 7 heteroatoms. The zero-order chi connectivity index (χ0) is 11.5. The molecule has 3 N–H and O–H groups in total. The van der Waals surface area contributed by atoms with Gasteiger partial charge < -0.3 is 10.8 Å². The average molecular weight is 283 g/mol. The van der Waals surface area contributed by atoms with E-state index in [0.717, 1.165) is 4.47 Å². The topological polar surface area (TPSA) is 97.5 Å². The van der Waals surface area contributed by atoms with E-state index in [1.54, 1.807) is 18.2 Å². The van der Waals surface area contributed by atoms with Gasteiger partial charge in [0.05, 0.1) is 0 Å². The number of halogens is 1. The van der Waals surface area contributed by atoms with E-state index < -0.39 is 0 Å². The van der Waals surface area contributed by atoms with Crippen molar-refractivity contribution in [3.05, 3.63) is 28.2 Å². The van der Waals surface area contributed by atoms with Gasteiger partial charge in [-0.3, -0.25) is 0 Å². The van der Waals surface area contributed by atoms with Gasteiger partial charge >= 0.3 is 0 Å². The maximum atomic E-state index is 9.53. The number of aromatic hydroxyl groups is 1. The molecule has 82 valence electrons. The standard InChI is InChI=1S/C9H7BrN4O2/c10-6-1-2-7(15)5(3-6)4-12-9-8(11)13-16-14-9/h1-4,15H,(H2,11,13). The Balaban J connectivity index is 2.30. The third-order valence-electron chi connectivity index (χ3n) is 1.81. The molecule has 0 saturated carbocycles. The Morgan fingerprint density at radius 2 is 2.25 bits per heavy atom. The van der Waals surface area contributed by atoms with Gasteiger partial charge in [0, 0.05) is 16.3 Å². The molecule has 0 amide bonds. The van der Waals surface area contributed by atoms with Crippen LogP contribution in [0.3, 0.4) is 0 Å². The second-order valence-corrected chi connectivity index (χ2v) is 3.85. The number of benzene rings is 1. The molecule has 16 heavy (non-hydrogen) atoms. The third kappa shape index (κ3) is 2.19. The van der Waals surface area contributed by atoms with Gasteiger partial charge in [0.25, 0.3) is 0 Å². The maximum absolute atomic E-state index is 9.53. The van der Waals surface area contributed by atoms with Crippen molar-refractivity contribution in [3.8, 4) is 5.75 Å². The highest BCUT2D eigenvalue weighted by atomic mass is 79.9. The molecule has 6 nitrogen and oxygen atoms in total. The predicted octanol–water partition coefficient (Wildman–Crippen LogP) is 1.87. The van der Waals surface area contributed by atoms with Crippen LogP contribution < -0.4 is 5.73 Å². The largest absolute Gasteiger partial charge is 0.507 e. The Labute approximate surface area is 98.9 Å². The van der Waals surface area contributed by atoms with Gasteiger partial charge in [-0.15, -0.1) is 0 Å². The minimum atomic E-state index is 0.103. The predicted molar refractivity (Wildman–Crippen MR) is 61.8 cm³/mol. The van der Waals surface area contributed by atoms with Crippen molar-refractivity contribution in [1.29, 1.82) is 0 Å². The summed E-state index contributed by atoms with van der Waals surface area (Å²) in [7, 11) is 0. The third-order valence-corrected chi connectivity index (χ3v) is 2.30. The number of nitrogen functional groups attached to an aromatic ring is 1. The molecule has 0 aliphatic carbocycles. The lowest BCUT2D eigenvalue weighted by atomic mass is 10.2. The minimum absolute atomic E-state index is 0.103. The van der Waals surface area contributed by atoms with Crippen LogP contribution in [0.15, 0.2) is 32.3 Å². The second kappa shape index (κ2) is 4.31. The lowest BCUT2D eigenvalue weighted by Gasteiger charge is -1.98. The van der Waals surface area contributed by atoms with Crippen molar-refractivity contribution in [2.45, 2.75) is 0 Å². The Hall–Kier alpha value is -1.89. The molecule has 2 rings (SSSR count). The van der Waals surface area contributed by atoms with E-state index in [2.05, 4.69) is 35.9 Å². The van der Waals surface area contributed by atoms with Gasteiger partial charge in [-0.1, -0.05) is 15.9 Å². The van der Waals surface area contributed by atoms with E-state index in [-0.39, 0.29) is 17.4 Å². The van der Waals surface area contributed by atoms with Crippen LogP contribution in [0.2, 0.25) is 0 Å². The number of aromatic nitrogens is 2. The number of hydrogen-bond acceptors (Lipinski definition) is 6. The van der Waals surface area contributed by atoms with Crippen molar-refractivity contribution in [1.82, 2.24) is 10.3 Å². The quantitative estimate of drug-likeness (QED) is 0.820. The molecule has 0 atom stereocenters. The molecule has 1 aromatic carbocycles. The van der Waals surface area contributed by atoms with Gasteiger partial charge in [-0.25, -0.2) is 9.62 Å². The van der Waals surface area contributed by atoms with E-state index in [9.17, 15) is 5.11 Å². The normalized spacial score (nSPS) is 11.1. The minimum Gasteiger partial charge on any atom is -0.507 e. The maximum Gasteiger partial charge on any atom is 0.240 e. The summed E-state index contributed by atoms with van der Waals surface area (Å²) < 4.78 is 5.21. The first-order chi connectivity index (χ1) is 7.66. The van der Waals surface area contributed by atoms with Crippen LogP contribution in [0.1, 0.15) is 5.56 Å². The van der Waals surface area contributed by atoms with Crippen LogP contribution in [-0.4, -0.2) is 21.6 Å². The van der Waals surface area contributed by atoms with Crippen LogP contribution in [0.25, 0.3) is 0 Å². The number of phenolic OH excluding ortho intramolecular Hbond substituents is 1. The van der Waals surface area contributed by atoms with Crippen molar-refractivity contribution in [3.63, 3.8) is 0 Å². The summed E-state index contributed by atoms with van der Waals surface area (Å²) in [6.45, 7) is 0. The molecule has 1 heterocycles. The highest BCUT2D eigenvalue weighted by molar-refractivity contribution is 9.10. The van der Waals surface area contributed by atoms with Gasteiger partial charge in [0.15, 0.2) is 0 Å². The zero-order valence-electron chi connectivity index (χ0n) is 7.96. The monoisotopic (exact) mass is 282 g/mol. The second-order valence-electron chi connectivity index (χ2n) is 2.93. The summed E-state index contributed by atoms with van der Waals surface area (Å²) in [5, 5.41) is 16.4. The molecular weight excluding hydrogens is 276 g/mol. The van der Waals surface area contributed by atoms with Crippen molar-refractivity contribution in [2.75, 3.05) is 5.73 Å². The first-order valence-electron chi connectivity index (χ1n) is 4.27. The lowest BCUT2D eigenvalue weighted by Crippen LogP contribution is -1.85. The number of aliphatic imine (C=N–C) groups is 1. The molecule has 0 unspecified atom stereocenters. The number of nitrogens with zero attached hydrogens (tertiary/aromatic N) is 3. The molecule has 0 bridgehead atoms. The molecule has 0 saturated heterocycles. The number of rotatable bonds is 2. The number of hydrogen-bond donors (Lipinski definition) is 2. The molecule has 0 radical (unpaired) electrons. The van der Waals surface area contributed by atoms with Crippen molar-refractivity contribution < 1.29 is 9.74 Å². The molecule has 1 aromatic heterocycles. The summed E-state index contributed by atoms with van der Waals surface area (Å²) in [4.78, 5) is 3.94. The fraction of sp³-hybridized carbons (Fsp3) is 0. The van der Waals surface area contributed by atoms with E-state index in [4.69, 9.17) is 5.73 Å². The van der Waals surface area contributed by atoms with E-state index >= 15 is 0 Å². The summed E-state index contributed by atoms with van der Waals surface area (Å²) in [6, 6.07) is 4.98. The molecular formula is C9H7BrN4O2. The summed E-state index contributed by atoms with van der Waals surface area (Å²) in [5.41, 5.74) is 5.96. The van der Waals surface area contributed by atoms with Crippen LogP contribution >= 0.6 is 15.9 Å². The van der Waals surface area contributed by atoms with Gasteiger partial charge in [-0.2, -0.15) is 0 Å². The summed E-state index contributed by atoms with van der Waals surface area (Å²) in [5.74, 6) is 0.395. The smallest absolute Gasteiger partial charge is 0.240 e. The Morgan fingerprint density at radius 3 is 2.94 bits per heavy atom. The van der Waals surface area contributed by atoms with E-state index in [1.165, 1.54) is 6.21 Å². The number of anilines is 1. The lowest BCUT2D eigenvalue weighted by molar-refractivity contribution is 0.310. The molecule has 0 spiro atoms. The molecule has 0 aliphatic rings. The fourth-order valence-electron chi connectivity index (χ4n) is 1.04. The zero-order valence-corrected chi connectivity index (χ0v) is 9.55. The van der Waals surface area contributed by atoms with Crippen molar-refractivity contribution >= 4 is 33.8 Å². The Bertz CT molecular complexity index is 538. The highest BCUT2D eigenvalue weighted by Crippen LogP contribution is 2.21. The Kier molecular flexibility index (Phi) is 2.86. The van der Waals surface area contributed by atoms with Crippen LogP contribution in [0.5, 0.6) is 5.75 Å². The number of phenols is 1. The molecule has 2 aromatic rings.